The molecule has 0 atom stereocenters. The normalized spacial score (nSPS) is 10.8. The first-order chi connectivity index (χ1) is 16.2. The zero-order chi connectivity index (χ0) is 24.7. The maximum absolute atomic E-state index is 12.5. The summed E-state index contributed by atoms with van der Waals surface area (Å²) in [4.78, 5) is 36.4. The quantitative estimate of drug-likeness (QED) is 0.481. The van der Waals surface area contributed by atoms with Gasteiger partial charge in [-0.3, -0.25) is 14.4 Å². The molecule has 3 aromatic rings. The van der Waals surface area contributed by atoms with Crippen molar-refractivity contribution < 1.29 is 19.1 Å². The van der Waals surface area contributed by atoms with E-state index in [1.54, 1.807) is 55.6 Å². The molecule has 3 amide bonds. The van der Waals surface area contributed by atoms with Crippen molar-refractivity contribution in [2.24, 2.45) is 0 Å². The fraction of sp³-hybridized carbons (Fsp3) is 0.222. The largest absolute Gasteiger partial charge is 0.484 e. The number of carbonyl (C=O) groups is 3. The first kappa shape index (κ1) is 24.5. The van der Waals surface area contributed by atoms with Gasteiger partial charge in [-0.2, -0.15) is 0 Å². The Kier molecular flexibility index (Phi) is 7.68. The summed E-state index contributed by atoms with van der Waals surface area (Å²) in [7, 11) is 1.54. The number of hydrogen-bond acceptors (Lipinski definition) is 4. The van der Waals surface area contributed by atoms with Crippen LogP contribution in [-0.4, -0.2) is 31.4 Å². The number of carbonyl (C=O) groups excluding carboxylic acids is 3. The van der Waals surface area contributed by atoms with E-state index >= 15 is 0 Å². The van der Waals surface area contributed by atoms with E-state index in [0.29, 0.717) is 28.3 Å². The van der Waals surface area contributed by atoms with Gasteiger partial charge in [0.1, 0.15) is 5.75 Å². The molecule has 0 aliphatic rings. The van der Waals surface area contributed by atoms with Crippen molar-refractivity contribution in [3.05, 3.63) is 89.5 Å². The van der Waals surface area contributed by atoms with Crippen LogP contribution in [0, 0.1) is 0 Å². The lowest BCUT2D eigenvalue weighted by molar-refractivity contribution is -0.118. The highest BCUT2D eigenvalue weighted by Crippen LogP contribution is 2.23. The van der Waals surface area contributed by atoms with E-state index in [0.717, 1.165) is 5.56 Å². The first-order valence-corrected chi connectivity index (χ1v) is 10.9. The second-order valence-corrected chi connectivity index (χ2v) is 8.80. The Balaban J connectivity index is 1.51. The Bertz CT molecular complexity index is 1160. The molecule has 176 valence electrons. The number of anilines is 2. The Labute approximate surface area is 199 Å². The smallest absolute Gasteiger partial charge is 0.262 e. The monoisotopic (exact) mass is 459 g/mol. The minimum Gasteiger partial charge on any atom is -0.484 e. The van der Waals surface area contributed by atoms with Crippen LogP contribution in [0.3, 0.4) is 0 Å². The van der Waals surface area contributed by atoms with Crippen molar-refractivity contribution in [1.29, 1.82) is 0 Å². The molecule has 0 radical (unpaired) electrons. The van der Waals surface area contributed by atoms with E-state index in [2.05, 4.69) is 36.7 Å². The Morgan fingerprint density at radius 3 is 2.06 bits per heavy atom. The van der Waals surface area contributed by atoms with Crippen molar-refractivity contribution in [2.75, 3.05) is 24.3 Å². The van der Waals surface area contributed by atoms with Gasteiger partial charge < -0.3 is 20.7 Å². The average molecular weight is 460 g/mol. The van der Waals surface area contributed by atoms with Crippen LogP contribution in [0.5, 0.6) is 5.75 Å². The maximum atomic E-state index is 12.5. The molecule has 0 saturated carbocycles. The molecule has 0 aromatic heterocycles. The van der Waals surface area contributed by atoms with Gasteiger partial charge in [-0.1, -0.05) is 39.0 Å². The molecule has 0 aliphatic carbocycles. The van der Waals surface area contributed by atoms with Crippen molar-refractivity contribution in [3.63, 3.8) is 0 Å². The fourth-order valence-electron chi connectivity index (χ4n) is 3.19. The van der Waals surface area contributed by atoms with Crippen LogP contribution < -0.4 is 20.7 Å². The van der Waals surface area contributed by atoms with E-state index in [1.165, 1.54) is 0 Å². The standard InChI is InChI=1S/C27H29N3O4/c1-27(2,3)20-10-8-18(9-11-20)26(33)30-21-12-14-23(15-13-21)34-17-24(31)29-22-7-5-6-19(16-22)25(32)28-4/h5-16H,17H2,1-4H3,(H,28,32)(H,29,31)(H,30,33). The Hall–Kier alpha value is -4.13. The number of rotatable bonds is 7. The molecule has 3 N–H and O–H groups in total. The molecule has 0 spiro atoms. The van der Waals surface area contributed by atoms with Crippen LogP contribution in [0.15, 0.2) is 72.8 Å². The summed E-state index contributed by atoms with van der Waals surface area (Å²) in [6.45, 7) is 6.18. The Morgan fingerprint density at radius 1 is 0.765 bits per heavy atom. The van der Waals surface area contributed by atoms with Crippen molar-refractivity contribution in [3.8, 4) is 5.75 Å². The van der Waals surface area contributed by atoms with Crippen LogP contribution >= 0.6 is 0 Å². The van der Waals surface area contributed by atoms with Gasteiger partial charge >= 0.3 is 0 Å². The van der Waals surface area contributed by atoms with Crippen LogP contribution in [-0.2, 0) is 10.2 Å². The van der Waals surface area contributed by atoms with Crippen molar-refractivity contribution in [2.45, 2.75) is 26.2 Å². The van der Waals surface area contributed by atoms with E-state index in [4.69, 9.17) is 4.74 Å². The van der Waals surface area contributed by atoms with Crippen LogP contribution in [0.2, 0.25) is 0 Å². The molecule has 0 bridgehead atoms. The maximum Gasteiger partial charge on any atom is 0.262 e. The number of hydrogen-bond donors (Lipinski definition) is 3. The highest BCUT2D eigenvalue weighted by atomic mass is 16.5. The zero-order valence-corrected chi connectivity index (χ0v) is 19.8. The van der Waals surface area contributed by atoms with Crippen LogP contribution in [0.4, 0.5) is 11.4 Å². The van der Waals surface area contributed by atoms with Crippen molar-refractivity contribution in [1.82, 2.24) is 5.32 Å². The zero-order valence-electron chi connectivity index (χ0n) is 19.8. The summed E-state index contributed by atoms with van der Waals surface area (Å²) in [5.74, 6) is -0.305. The third-order valence-corrected chi connectivity index (χ3v) is 5.13. The molecule has 3 rings (SSSR count). The topological polar surface area (TPSA) is 96.5 Å². The number of amides is 3. The van der Waals surface area contributed by atoms with E-state index in [-0.39, 0.29) is 29.7 Å². The molecule has 3 aromatic carbocycles. The van der Waals surface area contributed by atoms with Gasteiger partial charge in [0, 0.05) is 29.5 Å². The average Bonchev–Trinajstić information content (AvgIpc) is 2.82. The lowest BCUT2D eigenvalue weighted by atomic mass is 9.87. The molecule has 0 aliphatic heterocycles. The van der Waals surface area contributed by atoms with Crippen molar-refractivity contribution >= 4 is 29.1 Å². The van der Waals surface area contributed by atoms with E-state index < -0.39 is 0 Å². The third kappa shape index (κ3) is 6.68. The summed E-state index contributed by atoms with van der Waals surface area (Å²) >= 11 is 0. The first-order valence-electron chi connectivity index (χ1n) is 10.9. The van der Waals surface area contributed by atoms with Gasteiger partial charge in [0.25, 0.3) is 17.7 Å². The van der Waals surface area contributed by atoms with Gasteiger partial charge in [0.05, 0.1) is 0 Å². The lowest BCUT2D eigenvalue weighted by Gasteiger charge is -2.19. The molecule has 0 saturated heterocycles. The summed E-state index contributed by atoms with van der Waals surface area (Å²) in [5.41, 5.74) is 3.33. The van der Waals surface area contributed by atoms with Gasteiger partial charge in [-0.05, 0) is 65.6 Å². The van der Waals surface area contributed by atoms with Gasteiger partial charge in [-0.15, -0.1) is 0 Å². The number of benzene rings is 3. The van der Waals surface area contributed by atoms with Crippen LogP contribution in [0.25, 0.3) is 0 Å². The highest BCUT2D eigenvalue weighted by molar-refractivity contribution is 6.04. The highest BCUT2D eigenvalue weighted by Gasteiger charge is 2.14. The summed E-state index contributed by atoms with van der Waals surface area (Å²) in [6.07, 6.45) is 0. The third-order valence-electron chi connectivity index (χ3n) is 5.13. The van der Waals surface area contributed by atoms with E-state index in [1.807, 2.05) is 24.3 Å². The summed E-state index contributed by atoms with van der Waals surface area (Å²) in [5, 5.41) is 8.09. The predicted molar refractivity (Wildman–Crippen MR) is 133 cm³/mol. The SMILES string of the molecule is CNC(=O)c1cccc(NC(=O)COc2ccc(NC(=O)c3ccc(C(C)(C)C)cc3)cc2)c1. The molecular weight excluding hydrogens is 430 g/mol. The minimum absolute atomic E-state index is 0.0252. The molecule has 0 heterocycles. The molecule has 7 heteroatoms. The molecule has 0 fully saturated rings. The molecular formula is C27H29N3O4. The van der Waals surface area contributed by atoms with Gasteiger partial charge in [0.15, 0.2) is 6.61 Å². The summed E-state index contributed by atoms with van der Waals surface area (Å²) in [6, 6.07) is 21.0. The molecule has 7 nitrogen and oxygen atoms in total. The minimum atomic E-state index is -0.356. The number of nitrogens with one attached hydrogen (secondary N) is 3. The fourth-order valence-corrected chi connectivity index (χ4v) is 3.19. The second-order valence-electron chi connectivity index (χ2n) is 8.80. The predicted octanol–water partition coefficient (Wildman–Crippen LogP) is 4.61. The van der Waals surface area contributed by atoms with E-state index in [9.17, 15) is 14.4 Å². The van der Waals surface area contributed by atoms with Gasteiger partial charge in [0.2, 0.25) is 0 Å². The second kappa shape index (κ2) is 10.7. The number of ether oxygens (including phenoxy) is 1. The van der Waals surface area contributed by atoms with Crippen LogP contribution in [0.1, 0.15) is 47.1 Å². The molecule has 34 heavy (non-hydrogen) atoms. The Morgan fingerprint density at radius 2 is 1.44 bits per heavy atom. The summed E-state index contributed by atoms with van der Waals surface area (Å²) < 4.78 is 5.52. The molecule has 0 unspecified atom stereocenters. The van der Waals surface area contributed by atoms with Gasteiger partial charge in [-0.25, -0.2) is 0 Å². The lowest BCUT2D eigenvalue weighted by Crippen LogP contribution is -2.21.